The lowest BCUT2D eigenvalue weighted by atomic mass is 10.0. The summed E-state index contributed by atoms with van der Waals surface area (Å²) in [6, 6.07) is 4.05. The van der Waals surface area contributed by atoms with E-state index in [0.717, 1.165) is 6.07 Å². The summed E-state index contributed by atoms with van der Waals surface area (Å²) < 4.78 is 42.1. The van der Waals surface area contributed by atoms with Crippen molar-refractivity contribution in [3.8, 4) is 0 Å². The smallest absolute Gasteiger partial charge is 0.146 e. The van der Waals surface area contributed by atoms with Gasteiger partial charge in [-0.25, -0.2) is 13.2 Å². The Labute approximate surface area is 123 Å². The molecule has 1 aromatic heterocycles. The molecule has 2 rings (SSSR count). The molecule has 1 unspecified atom stereocenters. The van der Waals surface area contributed by atoms with Crippen molar-refractivity contribution in [2.75, 3.05) is 6.54 Å². The molecule has 2 aromatic rings. The van der Waals surface area contributed by atoms with Crippen molar-refractivity contribution >= 4 is 15.9 Å². The maximum absolute atomic E-state index is 14.2. The Morgan fingerprint density at radius 2 is 1.95 bits per heavy atom. The average Bonchev–Trinajstić information content (AvgIpc) is 2.43. The topological polar surface area (TPSA) is 24.9 Å². The second-order valence-corrected chi connectivity index (χ2v) is 4.97. The first-order chi connectivity index (χ1) is 9.56. The number of aromatic nitrogens is 1. The van der Waals surface area contributed by atoms with E-state index in [1.807, 2.05) is 0 Å². The number of hydrogen-bond donors (Lipinski definition) is 1. The first-order valence-electron chi connectivity index (χ1n) is 6.03. The highest BCUT2D eigenvalue weighted by Gasteiger charge is 2.26. The number of benzene rings is 1. The van der Waals surface area contributed by atoms with E-state index in [2.05, 4.69) is 26.2 Å². The number of rotatable bonds is 4. The molecule has 0 saturated carbocycles. The predicted octanol–water partition coefficient (Wildman–Crippen LogP) is 3.96. The highest BCUT2D eigenvalue weighted by Crippen LogP contribution is 2.30. The van der Waals surface area contributed by atoms with Crippen molar-refractivity contribution in [2.45, 2.75) is 13.0 Å². The van der Waals surface area contributed by atoms with Crippen molar-refractivity contribution < 1.29 is 13.2 Å². The summed E-state index contributed by atoms with van der Waals surface area (Å²) in [5.74, 6) is -2.13. The Balaban J connectivity index is 2.61. The van der Waals surface area contributed by atoms with Crippen molar-refractivity contribution in [3.05, 3.63) is 63.6 Å². The van der Waals surface area contributed by atoms with Gasteiger partial charge in [-0.1, -0.05) is 6.92 Å². The Morgan fingerprint density at radius 3 is 2.60 bits per heavy atom. The van der Waals surface area contributed by atoms with Crippen LogP contribution in [-0.2, 0) is 0 Å². The molecule has 1 aromatic carbocycles. The fourth-order valence-corrected chi connectivity index (χ4v) is 2.30. The lowest BCUT2D eigenvalue weighted by Gasteiger charge is -2.20. The minimum atomic E-state index is -0.987. The molecule has 0 saturated heterocycles. The molecular weight excluding hydrogens is 333 g/mol. The zero-order valence-electron chi connectivity index (χ0n) is 10.6. The summed E-state index contributed by atoms with van der Waals surface area (Å²) in [7, 11) is 0. The second kappa shape index (κ2) is 6.37. The number of halogens is 4. The van der Waals surface area contributed by atoms with Gasteiger partial charge < -0.3 is 5.32 Å². The van der Waals surface area contributed by atoms with Gasteiger partial charge in [-0.2, -0.15) is 0 Å². The van der Waals surface area contributed by atoms with E-state index >= 15 is 0 Å². The standard InChI is InChI=1S/C14H12BrF3N2/c1-2-19-14(13-10(17)4-3-7-20-13)11-9(16)6-5-8(15)12(11)18/h3-7,14,19H,2H2,1H3. The Kier molecular flexibility index (Phi) is 4.77. The van der Waals surface area contributed by atoms with E-state index in [9.17, 15) is 13.2 Å². The highest BCUT2D eigenvalue weighted by atomic mass is 79.9. The van der Waals surface area contributed by atoms with Gasteiger partial charge in [0.1, 0.15) is 17.5 Å². The van der Waals surface area contributed by atoms with Crippen LogP contribution in [0.2, 0.25) is 0 Å². The fourth-order valence-electron chi connectivity index (χ4n) is 1.96. The first kappa shape index (κ1) is 15.0. The fraction of sp³-hybridized carbons (Fsp3) is 0.214. The summed E-state index contributed by atoms with van der Waals surface area (Å²) in [6.45, 7) is 2.17. The number of nitrogens with zero attached hydrogens (tertiary/aromatic N) is 1. The van der Waals surface area contributed by atoms with Crippen LogP contribution < -0.4 is 5.32 Å². The molecule has 106 valence electrons. The Bertz CT molecular complexity index is 619. The first-order valence-corrected chi connectivity index (χ1v) is 6.82. The summed E-state index contributed by atoms with van der Waals surface area (Å²) in [6.07, 6.45) is 1.39. The van der Waals surface area contributed by atoms with Crippen molar-refractivity contribution in [1.82, 2.24) is 10.3 Å². The Morgan fingerprint density at radius 1 is 1.20 bits per heavy atom. The van der Waals surface area contributed by atoms with Gasteiger partial charge in [0.2, 0.25) is 0 Å². The molecule has 1 N–H and O–H groups in total. The highest BCUT2D eigenvalue weighted by molar-refractivity contribution is 9.10. The summed E-state index contributed by atoms with van der Waals surface area (Å²) >= 11 is 3.01. The van der Waals surface area contributed by atoms with Crippen LogP contribution in [0.25, 0.3) is 0 Å². The van der Waals surface area contributed by atoms with E-state index in [1.165, 1.54) is 24.4 Å². The van der Waals surface area contributed by atoms with Gasteiger partial charge in [-0.3, -0.25) is 4.98 Å². The zero-order chi connectivity index (χ0) is 14.7. The van der Waals surface area contributed by atoms with Gasteiger partial charge in [-0.05, 0) is 46.7 Å². The third-order valence-electron chi connectivity index (χ3n) is 2.84. The molecule has 0 aliphatic carbocycles. The second-order valence-electron chi connectivity index (χ2n) is 4.12. The van der Waals surface area contributed by atoms with Crippen molar-refractivity contribution in [2.24, 2.45) is 0 Å². The summed E-state index contributed by atoms with van der Waals surface area (Å²) in [5, 5.41) is 2.86. The molecule has 0 amide bonds. The number of nitrogens with one attached hydrogen (secondary N) is 1. The maximum atomic E-state index is 14.2. The molecule has 0 aliphatic heterocycles. The molecule has 0 bridgehead atoms. The van der Waals surface area contributed by atoms with Gasteiger partial charge >= 0.3 is 0 Å². The Hall–Kier alpha value is -1.40. The minimum Gasteiger partial charge on any atom is -0.305 e. The van der Waals surface area contributed by atoms with Crippen LogP contribution >= 0.6 is 15.9 Å². The molecule has 1 heterocycles. The minimum absolute atomic E-state index is 0.0368. The van der Waals surface area contributed by atoms with Gasteiger partial charge in [0, 0.05) is 11.8 Å². The van der Waals surface area contributed by atoms with Crippen molar-refractivity contribution in [3.63, 3.8) is 0 Å². The quantitative estimate of drug-likeness (QED) is 0.849. The van der Waals surface area contributed by atoms with Crippen LogP contribution in [0.3, 0.4) is 0 Å². The van der Waals surface area contributed by atoms with E-state index in [-0.39, 0.29) is 15.7 Å². The molecule has 0 spiro atoms. The molecule has 0 aliphatic rings. The molecule has 0 fully saturated rings. The molecule has 1 atom stereocenters. The molecule has 6 heteroatoms. The van der Waals surface area contributed by atoms with Gasteiger partial charge in [0.05, 0.1) is 16.2 Å². The van der Waals surface area contributed by atoms with E-state index in [4.69, 9.17) is 0 Å². The van der Waals surface area contributed by atoms with Crippen LogP contribution in [-0.4, -0.2) is 11.5 Å². The number of hydrogen-bond acceptors (Lipinski definition) is 2. The third kappa shape index (κ3) is 2.86. The lowest BCUT2D eigenvalue weighted by Crippen LogP contribution is -2.26. The van der Waals surface area contributed by atoms with E-state index in [0.29, 0.717) is 6.54 Å². The van der Waals surface area contributed by atoms with Crippen LogP contribution in [0.1, 0.15) is 24.2 Å². The molecule has 2 nitrogen and oxygen atoms in total. The van der Waals surface area contributed by atoms with Crippen LogP contribution in [0.15, 0.2) is 34.9 Å². The largest absolute Gasteiger partial charge is 0.305 e. The van der Waals surface area contributed by atoms with Gasteiger partial charge in [0.15, 0.2) is 0 Å². The summed E-state index contributed by atoms with van der Waals surface area (Å²) in [5.41, 5.74) is -0.288. The average molecular weight is 345 g/mol. The normalized spacial score (nSPS) is 12.4. The predicted molar refractivity (Wildman–Crippen MR) is 73.8 cm³/mol. The van der Waals surface area contributed by atoms with E-state index in [1.54, 1.807) is 6.92 Å². The maximum Gasteiger partial charge on any atom is 0.146 e. The molecule has 0 radical (unpaired) electrons. The lowest BCUT2D eigenvalue weighted by molar-refractivity contribution is 0.484. The van der Waals surface area contributed by atoms with Gasteiger partial charge in [0.25, 0.3) is 0 Å². The third-order valence-corrected chi connectivity index (χ3v) is 3.45. The van der Waals surface area contributed by atoms with Gasteiger partial charge in [-0.15, -0.1) is 0 Å². The summed E-state index contributed by atoms with van der Waals surface area (Å²) in [4.78, 5) is 3.90. The van der Waals surface area contributed by atoms with Crippen LogP contribution in [0.5, 0.6) is 0 Å². The van der Waals surface area contributed by atoms with Crippen molar-refractivity contribution in [1.29, 1.82) is 0 Å². The monoisotopic (exact) mass is 344 g/mol. The van der Waals surface area contributed by atoms with Crippen LogP contribution in [0, 0.1) is 17.5 Å². The number of pyridine rings is 1. The van der Waals surface area contributed by atoms with Crippen LogP contribution in [0.4, 0.5) is 13.2 Å². The molecular formula is C14H12BrF3N2. The van der Waals surface area contributed by atoms with E-state index < -0.39 is 23.5 Å². The molecule has 20 heavy (non-hydrogen) atoms. The SMILES string of the molecule is CCNC(c1ncccc1F)c1c(F)ccc(Br)c1F. The zero-order valence-corrected chi connectivity index (χ0v) is 12.2.